The van der Waals surface area contributed by atoms with E-state index in [1.807, 2.05) is 85.9 Å². The van der Waals surface area contributed by atoms with Gasteiger partial charge in [-0.2, -0.15) is 0 Å². The first kappa shape index (κ1) is 31.1. The van der Waals surface area contributed by atoms with Crippen molar-refractivity contribution in [1.29, 1.82) is 0 Å². The molecule has 42 heavy (non-hydrogen) atoms. The third kappa shape index (κ3) is 9.09. The summed E-state index contributed by atoms with van der Waals surface area (Å²) in [5.74, 6) is -1.05. The number of amides is 1. The van der Waals surface area contributed by atoms with E-state index in [9.17, 15) is 14.7 Å². The van der Waals surface area contributed by atoms with Crippen molar-refractivity contribution in [2.75, 3.05) is 20.1 Å². The number of carbonyl (C=O) groups excluding carboxylic acids is 1. The summed E-state index contributed by atoms with van der Waals surface area (Å²) in [5.41, 5.74) is 5.86. The van der Waals surface area contributed by atoms with Crippen LogP contribution < -0.4 is 5.32 Å². The number of nitrogens with one attached hydrogen (secondary N) is 1. The number of rotatable bonds is 14. The minimum atomic E-state index is -0.896. The van der Waals surface area contributed by atoms with Crippen LogP contribution in [0.3, 0.4) is 0 Å². The van der Waals surface area contributed by atoms with Gasteiger partial charge in [-0.3, -0.25) is 9.59 Å². The molecule has 222 valence electrons. The molecule has 8 nitrogen and oxygen atoms in total. The van der Waals surface area contributed by atoms with E-state index in [-0.39, 0.29) is 37.6 Å². The summed E-state index contributed by atoms with van der Waals surface area (Å²) < 4.78 is 12.9. The van der Waals surface area contributed by atoms with Gasteiger partial charge in [0.2, 0.25) is 5.91 Å². The molecule has 0 aromatic heterocycles. The number of ether oxygens (including phenoxy) is 2. The van der Waals surface area contributed by atoms with Crippen LogP contribution in [0.2, 0.25) is 0 Å². The lowest BCUT2D eigenvalue weighted by Crippen LogP contribution is -2.37. The second-order valence-corrected chi connectivity index (χ2v) is 10.7. The van der Waals surface area contributed by atoms with E-state index in [1.54, 1.807) is 0 Å². The van der Waals surface area contributed by atoms with Crippen molar-refractivity contribution >= 4 is 11.9 Å². The zero-order chi connectivity index (χ0) is 29.9. The van der Waals surface area contributed by atoms with Gasteiger partial charge < -0.3 is 29.9 Å². The number of aliphatic carboxylic acids is 1. The maximum absolute atomic E-state index is 12.1. The molecule has 1 heterocycles. The van der Waals surface area contributed by atoms with E-state index in [4.69, 9.17) is 14.6 Å². The number of hydrogen-bond acceptors (Lipinski definition) is 6. The van der Waals surface area contributed by atoms with Gasteiger partial charge in [-0.15, -0.1) is 6.58 Å². The number of carbonyl (C=O) groups is 2. The van der Waals surface area contributed by atoms with Crippen LogP contribution in [0.4, 0.5) is 0 Å². The fourth-order valence-electron chi connectivity index (χ4n) is 5.06. The summed E-state index contributed by atoms with van der Waals surface area (Å²) in [4.78, 5) is 24.9. The molecule has 0 bridgehead atoms. The highest BCUT2D eigenvalue weighted by Crippen LogP contribution is 2.38. The van der Waals surface area contributed by atoms with Crippen molar-refractivity contribution in [2.45, 2.75) is 57.3 Å². The van der Waals surface area contributed by atoms with Crippen molar-refractivity contribution < 1.29 is 29.3 Å². The number of likely N-dealkylation sites (N-methyl/N-ethyl adjacent to an activating group) is 1. The Morgan fingerprint density at radius 2 is 1.71 bits per heavy atom. The molecule has 3 aromatic carbocycles. The summed E-state index contributed by atoms with van der Waals surface area (Å²) in [6.07, 6.45) is 2.40. The van der Waals surface area contributed by atoms with Gasteiger partial charge in [-0.25, -0.2) is 0 Å². The SMILES string of the molecule is C=CCN(C)C[C@@H]1C[C@H](c2ccc(CO)cc2)O[C@H](c2ccc(-c3cccc(CNC(=O)CCCC(=O)O)c3)cc2)O1. The monoisotopic (exact) mass is 572 g/mol. The Bertz CT molecular complexity index is 1320. The first-order valence-corrected chi connectivity index (χ1v) is 14.3. The fraction of sp³-hybridized carbons (Fsp3) is 0.353. The van der Waals surface area contributed by atoms with Crippen molar-refractivity contribution in [1.82, 2.24) is 10.2 Å². The highest BCUT2D eigenvalue weighted by molar-refractivity contribution is 5.76. The van der Waals surface area contributed by atoms with E-state index < -0.39 is 12.3 Å². The van der Waals surface area contributed by atoms with Gasteiger partial charge in [-0.05, 0) is 47.4 Å². The topological polar surface area (TPSA) is 108 Å². The summed E-state index contributed by atoms with van der Waals surface area (Å²) >= 11 is 0. The predicted molar refractivity (Wildman–Crippen MR) is 161 cm³/mol. The number of aliphatic hydroxyl groups is 1. The molecule has 3 aromatic rings. The molecule has 8 heteroatoms. The van der Waals surface area contributed by atoms with Crippen molar-refractivity contribution in [2.24, 2.45) is 0 Å². The molecular weight excluding hydrogens is 532 g/mol. The maximum Gasteiger partial charge on any atom is 0.303 e. The molecule has 1 saturated heterocycles. The minimum Gasteiger partial charge on any atom is -0.481 e. The number of hydrogen-bond donors (Lipinski definition) is 3. The summed E-state index contributed by atoms with van der Waals surface area (Å²) in [6, 6.07) is 24.0. The van der Waals surface area contributed by atoms with Crippen LogP contribution in [-0.2, 0) is 32.2 Å². The third-order valence-electron chi connectivity index (χ3n) is 7.30. The Labute approximate surface area is 247 Å². The molecule has 1 fully saturated rings. The quantitative estimate of drug-likeness (QED) is 0.223. The molecular formula is C34H40N2O6. The standard InChI is InChI=1S/C34H40N2O6/c1-3-18-36(2)22-30-20-31(27-12-10-24(23-37)11-13-27)42-34(41-30)28-16-14-26(15-17-28)29-7-4-6-25(19-29)21-35-32(38)8-5-9-33(39)40/h3-4,6-7,10-17,19,30-31,34,37H,1,5,8-9,18,20-23H2,2H3,(H,35,38)(H,39,40)/t30-,31+,34+/m0/s1. The average molecular weight is 573 g/mol. The maximum atomic E-state index is 12.1. The number of aliphatic hydroxyl groups excluding tert-OH is 1. The highest BCUT2D eigenvalue weighted by atomic mass is 16.7. The van der Waals surface area contributed by atoms with Crippen LogP contribution in [0, 0.1) is 0 Å². The fourth-order valence-corrected chi connectivity index (χ4v) is 5.06. The van der Waals surface area contributed by atoms with Crippen LogP contribution in [0.25, 0.3) is 11.1 Å². The van der Waals surface area contributed by atoms with Crippen LogP contribution in [-0.4, -0.2) is 53.2 Å². The van der Waals surface area contributed by atoms with E-state index in [0.29, 0.717) is 13.0 Å². The van der Waals surface area contributed by atoms with Crippen molar-refractivity contribution in [3.05, 3.63) is 108 Å². The third-order valence-corrected chi connectivity index (χ3v) is 7.30. The smallest absolute Gasteiger partial charge is 0.303 e. The van der Waals surface area contributed by atoms with Crippen LogP contribution in [0.15, 0.2) is 85.5 Å². The first-order chi connectivity index (χ1) is 20.3. The minimum absolute atomic E-state index is 0.00496. The van der Waals surface area contributed by atoms with E-state index >= 15 is 0 Å². The van der Waals surface area contributed by atoms with E-state index in [1.165, 1.54) is 0 Å². The Hall–Kier alpha value is -3.82. The number of carboxylic acid groups (broad SMARTS) is 1. The average Bonchev–Trinajstić information content (AvgIpc) is 3.00. The van der Waals surface area contributed by atoms with Crippen LogP contribution >= 0.6 is 0 Å². The van der Waals surface area contributed by atoms with Gasteiger partial charge >= 0.3 is 5.97 Å². The Morgan fingerprint density at radius 3 is 2.40 bits per heavy atom. The summed E-state index contributed by atoms with van der Waals surface area (Å²) in [6.45, 7) is 5.74. The molecule has 0 saturated carbocycles. The van der Waals surface area contributed by atoms with Gasteiger partial charge in [-0.1, -0.05) is 72.8 Å². The number of nitrogens with zero attached hydrogens (tertiary/aromatic N) is 1. The Balaban J connectivity index is 1.44. The molecule has 0 unspecified atom stereocenters. The first-order valence-electron chi connectivity index (χ1n) is 14.3. The van der Waals surface area contributed by atoms with Crippen LogP contribution in [0.1, 0.15) is 60.3 Å². The van der Waals surface area contributed by atoms with E-state index in [2.05, 4.69) is 16.8 Å². The Morgan fingerprint density at radius 1 is 0.976 bits per heavy atom. The molecule has 1 aliphatic rings. The van der Waals surface area contributed by atoms with Crippen molar-refractivity contribution in [3.63, 3.8) is 0 Å². The summed E-state index contributed by atoms with van der Waals surface area (Å²) in [7, 11) is 2.05. The number of benzene rings is 3. The molecule has 3 atom stereocenters. The normalized spacial score (nSPS) is 18.5. The zero-order valence-electron chi connectivity index (χ0n) is 24.1. The van der Waals surface area contributed by atoms with Gasteiger partial charge in [0, 0.05) is 44.5 Å². The summed E-state index contributed by atoms with van der Waals surface area (Å²) in [5, 5.41) is 21.0. The lowest BCUT2D eigenvalue weighted by molar-refractivity contribution is -0.252. The van der Waals surface area contributed by atoms with Gasteiger partial charge in [0.25, 0.3) is 0 Å². The molecule has 3 N–H and O–H groups in total. The Kier molecular flexibility index (Phi) is 11.4. The molecule has 1 amide bonds. The second-order valence-electron chi connectivity index (χ2n) is 10.7. The molecule has 4 rings (SSSR count). The lowest BCUT2D eigenvalue weighted by atomic mass is 9.99. The second kappa shape index (κ2) is 15.4. The molecule has 1 aliphatic heterocycles. The van der Waals surface area contributed by atoms with Gasteiger partial charge in [0.15, 0.2) is 6.29 Å². The largest absolute Gasteiger partial charge is 0.481 e. The molecule has 0 spiro atoms. The lowest BCUT2D eigenvalue weighted by Gasteiger charge is -2.37. The van der Waals surface area contributed by atoms with E-state index in [0.717, 1.165) is 52.9 Å². The highest BCUT2D eigenvalue weighted by Gasteiger charge is 2.32. The van der Waals surface area contributed by atoms with Gasteiger partial charge in [0.05, 0.1) is 18.8 Å². The molecule has 0 radical (unpaired) electrons. The molecule has 0 aliphatic carbocycles. The predicted octanol–water partition coefficient (Wildman–Crippen LogP) is 5.38. The van der Waals surface area contributed by atoms with Crippen LogP contribution in [0.5, 0.6) is 0 Å². The van der Waals surface area contributed by atoms with Gasteiger partial charge in [0.1, 0.15) is 0 Å². The van der Waals surface area contributed by atoms with Crippen molar-refractivity contribution in [3.8, 4) is 11.1 Å². The number of carboxylic acids is 1. The zero-order valence-corrected chi connectivity index (χ0v) is 24.1.